The van der Waals surface area contributed by atoms with Crippen LogP contribution in [0.15, 0.2) is 41.3 Å². The van der Waals surface area contributed by atoms with Crippen molar-refractivity contribution in [1.29, 1.82) is 0 Å². The number of fused-ring (bicyclic) bond motifs is 1. The molecule has 4 rings (SSSR count). The number of sulfonamides is 1. The molecular formula is C25H34N4O3S. The molecule has 0 spiro atoms. The summed E-state index contributed by atoms with van der Waals surface area (Å²) in [6.07, 6.45) is 4.98. The van der Waals surface area contributed by atoms with E-state index in [4.69, 9.17) is 0 Å². The summed E-state index contributed by atoms with van der Waals surface area (Å²) in [6.45, 7) is 7.15. The van der Waals surface area contributed by atoms with E-state index in [2.05, 4.69) is 20.3 Å². The third-order valence-corrected chi connectivity index (χ3v) is 7.94. The number of nitrogens with one attached hydrogen (secondary N) is 3. The van der Waals surface area contributed by atoms with Crippen molar-refractivity contribution < 1.29 is 13.2 Å². The van der Waals surface area contributed by atoms with Crippen LogP contribution in [-0.2, 0) is 22.9 Å². The maximum absolute atomic E-state index is 13.4. The minimum atomic E-state index is -3.80. The smallest absolute Gasteiger partial charge is 0.261 e. The first kappa shape index (κ1) is 23.6. The maximum Gasteiger partial charge on any atom is 0.261 e. The predicted octanol–water partition coefficient (Wildman–Crippen LogP) is 3.30. The molecule has 7 nitrogen and oxygen atoms in total. The van der Waals surface area contributed by atoms with E-state index in [-0.39, 0.29) is 16.8 Å². The molecule has 1 heterocycles. The second-order valence-electron chi connectivity index (χ2n) is 8.99. The van der Waals surface area contributed by atoms with E-state index in [9.17, 15) is 13.2 Å². The summed E-state index contributed by atoms with van der Waals surface area (Å²) in [5.74, 6) is -0.203. The SMILES string of the molecule is CC[C@H](C)NC(=O)c1ccc(N2CCNCC2)c(NS(=O)(=O)c2ccc3c(c2)CCCC3)c1. The summed E-state index contributed by atoms with van der Waals surface area (Å²) in [7, 11) is -3.80. The molecule has 1 fully saturated rings. The standard InChI is InChI=1S/C25H34N4O3S/c1-3-18(2)27-25(30)21-9-11-24(29-14-12-26-13-15-29)23(17-21)28-33(31,32)22-10-8-19-6-4-5-7-20(19)16-22/h8-11,16-18,26,28H,3-7,12-15H2,1-2H3,(H,27,30)/t18-/m0/s1. The number of piperazine rings is 1. The Bertz CT molecular complexity index is 1110. The highest BCUT2D eigenvalue weighted by atomic mass is 32.2. The predicted molar refractivity (Wildman–Crippen MR) is 133 cm³/mol. The molecule has 0 bridgehead atoms. The molecule has 0 aromatic heterocycles. The molecule has 0 radical (unpaired) electrons. The molecule has 1 aliphatic heterocycles. The lowest BCUT2D eigenvalue weighted by Crippen LogP contribution is -2.43. The number of nitrogens with zero attached hydrogens (tertiary/aromatic N) is 1. The van der Waals surface area contributed by atoms with Gasteiger partial charge in [0.2, 0.25) is 0 Å². The number of anilines is 2. The summed E-state index contributed by atoms with van der Waals surface area (Å²) < 4.78 is 29.6. The number of carbonyl (C=O) groups excluding carboxylic acids is 1. The Hall–Kier alpha value is -2.58. The molecule has 0 unspecified atom stereocenters. The van der Waals surface area contributed by atoms with Gasteiger partial charge in [-0.25, -0.2) is 8.42 Å². The molecule has 1 aliphatic carbocycles. The van der Waals surface area contributed by atoms with Crippen LogP contribution in [0.5, 0.6) is 0 Å². The Morgan fingerprint density at radius 3 is 2.52 bits per heavy atom. The lowest BCUT2D eigenvalue weighted by molar-refractivity contribution is 0.0939. The van der Waals surface area contributed by atoms with Crippen LogP contribution in [0.1, 0.15) is 54.6 Å². The Kier molecular flexibility index (Phi) is 7.24. The van der Waals surface area contributed by atoms with Crippen LogP contribution in [-0.4, -0.2) is 46.5 Å². The van der Waals surface area contributed by atoms with Gasteiger partial charge in [-0.15, -0.1) is 0 Å². The van der Waals surface area contributed by atoms with Crippen molar-refractivity contribution in [2.24, 2.45) is 0 Å². The van der Waals surface area contributed by atoms with E-state index in [0.29, 0.717) is 11.3 Å². The summed E-state index contributed by atoms with van der Waals surface area (Å²) in [5, 5.41) is 6.28. The van der Waals surface area contributed by atoms with Gasteiger partial charge in [-0.3, -0.25) is 9.52 Å². The molecule has 1 amide bonds. The number of benzene rings is 2. The van der Waals surface area contributed by atoms with Crippen LogP contribution in [0, 0.1) is 0 Å². The highest BCUT2D eigenvalue weighted by molar-refractivity contribution is 7.92. The molecule has 1 saturated heterocycles. The quantitative estimate of drug-likeness (QED) is 0.578. The third-order valence-electron chi connectivity index (χ3n) is 6.58. The number of amides is 1. The average Bonchev–Trinajstić information content (AvgIpc) is 2.83. The number of rotatable bonds is 7. The number of hydrogen-bond acceptors (Lipinski definition) is 5. The zero-order valence-corrected chi connectivity index (χ0v) is 20.3. The molecule has 33 heavy (non-hydrogen) atoms. The minimum absolute atomic E-state index is 0.0426. The Balaban J connectivity index is 1.67. The second-order valence-corrected chi connectivity index (χ2v) is 10.7. The van der Waals surface area contributed by atoms with Gasteiger partial charge in [0, 0.05) is 37.8 Å². The van der Waals surface area contributed by atoms with Crippen molar-refractivity contribution in [3.05, 3.63) is 53.1 Å². The largest absolute Gasteiger partial charge is 0.367 e. The third kappa shape index (κ3) is 5.50. The van der Waals surface area contributed by atoms with Crippen LogP contribution >= 0.6 is 0 Å². The lowest BCUT2D eigenvalue weighted by Gasteiger charge is -2.31. The topological polar surface area (TPSA) is 90.5 Å². The fourth-order valence-corrected chi connectivity index (χ4v) is 5.55. The second kappa shape index (κ2) is 10.1. The molecule has 0 saturated carbocycles. The van der Waals surface area contributed by atoms with Crippen molar-refractivity contribution >= 4 is 27.3 Å². The van der Waals surface area contributed by atoms with Crippen LogP contribution < -0.4 is 20.3 Å². The van der Waals surface area contributed by atoms with Crippen molar-refractivity contribution in [2.75, 3.05) is 35.8 Å². The van der Waals surface area contributed by atoms with Gasteiger partial charge in [0.1, 0.15) is 0 Å². The Morgan fingerprint density at radius 1 is 1.06 bits per heavy atom. The molecule has 8 heteroatoms. The summed E-state index contributed by atoms with van der Waals surface area (Å²) >= 11 is 0. The van der Waals surface area contributed by atoms with Gasteiger partial charge in [0.05, 0.1) is 16.3 Å². The monoisotopic (exact) mass is 470 g/mol. The van der Waals surface area contributed by atoms with Gasteiger partial charge in [-0.2, -0.15) is 0 Å². The van der Waals surface area contributed by atoms with Crippen LogP contribution in [0.4, 0.5) is 11.4 Å². The Morgan fingerprint density at radius 2 is 1.79 bits per heavy atom. The number of carbonyl (C=O) groups is 1. The van der Waals surface area contributed by atoms with Crippen molar-refractivity contribution in [2.45, 2.75) is 56.9 Å². The first-order chi connectivity index (χ1) is 15.9. The first-order valence-corrected chi connectivity index (χ1v) is 13.4. The van der Waals surface area contributed by atoms with Crippen molar-refractivity contribution in [1.82, 2.24) is 10.6 Å². The summed E-state index contributed by atoms with van der Waals surface area (Å²) in [4.78, 5) is 15.2. The average molecular weight is 471 g/mol. The molecular weight excluding hydrogens is 436 g/mol. The molecule has 178 valence electrons. The van der Waals surface area contributed by atoms with Gasteiger partial charge < -0.3 is 15.5 Å². The number of aryl methyl sites for hydroxylation is 2. The van der Waals surface area contributed by atoms with E-state index in [1.807, 2.05) is 26.0 Å². The summed E-state index contributed by atoms with van der Waals surface area (Å²) in [6, 6.07) is 10.8. The molecule has 2 aliphatic rings. The van der Waals surface area contributed by atoms with E-state index >= 15 is 0 Å². The highest BCUT2D eigenvalue weighted by Gasteiger charge is 2.23. The van der Waals surface area contributed by atoms with Crippen LogP contribution in [0.25, 0.3) is 0 Å². The first-order valence-electron chi connectivity index (χ1n) is 11.9. The zero-order chi connectivity index (χ0) is 23.4. The van der Waals surface area contributed by atoms with Gasteiger partial charge in [0.25, 0.3) is 15.9 Å². The van der Waals surface area contributed by atoms with Crippen LogP contribution in [0.2, 0.25) is 0 Å². The Labute approximate surface area is 197 Å². The zero-order valence-electron chi connectivity index (χ0n) is 19.5. The van der Waals surface area contributed by atoms with Gasteiger partial charge in [-0.1, -0.05) is 13.0 Å². The summed E-state index contributed by atoms with van der Waals surface area (Å²) in [5.41, 5.74) is 4.03. The highest BCUT2D eigenvalue weighted by Crippen LogP contribution is 2.31. The van der Waals surface area contributed by atoms with E-state index in [1.165, 1.54) is 5.56 Å². The molecule has 2 aromatic carbocycles. The van der Waals surface area contributed by atoms with E-state index in [0.717, 1.165) is 69.5 Å². The number of hydrogen-bond donors (Lipinski definition) is 3. The molecule has 3 N–H and O–H groups in total. The minimum Gasteiger partial charge on any atom is -0.367 e. The van der Waals surface area contributed by atoms with Crippen molar-refractivity contribution in [3.63, 3.8) is 0 Å². The van der Waals surface area contributed by atoms with Crippen LogP contribution in [0.3, 0.4) is 0 Å². The molecule has 1 atom stereocenters. The normalized spacial score (nSPS) is 17.2. The van der Waals surface area contributed by atoms with E-state index < -0.39 is 10.0 Å². The van der Waals surface area contributed by atoms with Gasteiger partial charge in [0.15, 0.2) is 0 Å². The fraction of sp³-hybridized carbons (Fsp3) is 0.480. The van der Waals surface area contributed by atoms with Crippen molar-refractivity contribution in [3.8, 4) is 0 Å². The maximum atomic E-state index is 13.4. The lowest BCUT2D eigenvalue weighted by atomic mass is 9.92. The molecule has 2 aromatic rings. The fourth-order valence-electron chi connectivity index (χ4n) is 4.43. The van der Waals surface area contributed by atoms with Gasteiger partial charge >= 0.3 is 0 Å². The van der Waals surface area contributed by atoms with Gasteiger partial charge in [-0.05, 0) is 80.5 Å². The van der Waals surface area contributed by atoms with E-state index in [1.54, 1.807) is 24.3 Å².